The first-order valence-electron chi connectivity index (χ1n) is 14.6. The number of hydrogen-bond acceptors (Lipinski definition) is 2. The van der Waals surface area contributed by atoms with Crippen molar-refractivity contribution in [3.63, 3.8) is 0 Å². The first-order chi connectivity index (χ1) is 16.3. The summed E-state index contributed by atoms with van der Waals surface area (Å²) in [5.74, 6) is 3.25. The molecule has 0 saturated heterocycles. The fourth-order valence-electron chi connectivity index (χ4n) is 5.27. The van der Waals surface area contributed by atoms with Crippen LogP contribution in [0.2, 0.25) is 0 Å². The molecule has 0 amide bonds. The Balaban J connectivity index is 0.00000529. The first-order valence-corrected chi connectivity index (χ1v) is 14.6. The van der Waals surface area contributed by atoms with Gasteiger partial charge in [-0.05, 0) is 66.5 Å². The molecular weight excluding hydrogens is 416 g/mol. The number of carbonyl (C=O) groups excluding carboxylic acids is 1. The Labute approximate surface area is 213 Å². The summed E-state index contributed by atoms with van der Waals surface area (Å²) in [5.41, 5.74) is 1.30. The molecule has 198 valence electrons. The standard InChI is InChI=1S/C30H52O2.C2H6/c1-9-13-16-24(11-3)29(25(12-4)17-14-10-2)30(31)32-27-19-15-18-26(21-27)28(23(7)8)20-22(5)6;1-2/h15,18-19,21-25,28-29H,9-14,16-17,20H2,1-8H3;1-2H3. The minimum atomic E-state index is -0.00184. The lowest BCUT2D eigenvalue weighted by molar-refractivity contribution is -0.143. The maximum atomic E-state index is 13.6. The Kier molecular flexibility index (Phi) is 18.2. The summed E-state index contributed by atoms with van der Waals surface area (Å²) in [5, 5.41) is 0. The summed E-state index contributed by atoms with van der Waals surface area (Å²) in [4.78, 5) is 13.6. The molecule has 34 heavy (non-hydrogen) atoms. The SMILES string of the molecule is CC.CCCCC(CC)C(C(=O)Oc1cccc(C(CC(C)C)C(C)C)c1)C(CC)CCCC. The number of esters is 1. The number of unbranched alkanes of at least 4 members (excludes halogenated alkanes) is 2. The van der Waals surface area contributed by atoms with E-state index in [1.54, 1.807) is 0 Å². The summed E-state index contributed by atoms with van der Waals surface area (Å²) < 4.78 is 6.14. The van der Waals surface area contributed by atoms with Gasteiger partial charge >= 0.3 is 5.97 Å². The predicted octanol–water partition coefficient (Wildman–Crippen LogP) is 10.5. The molecule has 3 atom stereocenters. The Hall–Kier alpha value is -1.31. The van der Waals surface area contributed by atoms with Crippen LogP contribution in [0.1, 0.15) is 139 Å². The molecule has 0 aliphatic carbocycles. The summed E-state index contributed by atoms with van der Waals surface area (Å²) in [7, 11) is 0. The Morgan fingerprint density at radius 3 is 1.79 bits per heavy atom. The number of hydrogen-bond donors (Lipinski definition) is 0. The Bertz CT molecular complexity index is 618. The number of ether oxygens (including phenoxy) is 1. The topological polar surface area (TPSA) is 26.3 Å². The van der Waals surface area contributed by atoms with E-state index in [0.717, 1.165) is 37.9 Å². The average molecular weight is 475 g/mol. The van der Waals surface area contributed by atoms with Crippen LogP contribution in [0, 0.1) is 29.6 Å². The van der Waals surface area contributed by atoms with Gasteiger partial charge in [0.1, 0.15) is 5.75 Å². The van der Waals surface area contributed by atoms with Gasteiger partial charge in [0, 0.05) is 0 Å². The summed E-state index contributed by atoms with van der Waals surface area (Å²) >= 11 is 0. The van der Waals surface area contributed by atoms with Crippen molar-refractivity contribution in [2.24, 2.45) is 29.6 Å². The molecule has 0 heterocycles. The second-order valence-electron chi connectivity index (χ2n) is 10.6. The normalized spacial score (nSPS) is 14.8. The van der Waals surface area contributed by atoms with E-state index in [9.17, 15) is 4.79 Å². The lowest BCUT2D eigenvalue weighted by Crippen LogP contribution is -2.34. The highest BCUT2D eigenvalue weighted by Gasteiger charge is 2.34. The predicted molar refractivity (Wildman–Crippen MR) is 151 cm³/mol. The van der Waals surface area contributed by atoms with Crippen LogP contribution in [0.5, 0.6) is 5.75 Å². The highest BCUT2D eigenvalue weighted by molar-refractivity contribution is 5.76. The van der Waals surface area contributed by atoms with Crippen molar-refractivity contribution < 1.29 is 9.53 Å². The summed E-state index contributed by atoms with van der Waals surface area (Å²) in [6.07, 6.45) is 10.2. The van der Waals surface area contributed by atoms with Crippen molar-refractivity contribution in [1.29, 1.82) is 0 Å². The van der Waals surface area contributed by atoms with E-state index in [-0.39, 0.29) is 11.9 Å². The number of benzene rings is 1. The zero-order valence-corrected chi connectivity index (χ0v) is 24.5. The highest BCUT2D eigenvalue weighted by atomic mass is 16.5. The molecule has 3 unspecified atom stereocenters. The molecule has 0 N–H and O–H groups in total. The summed E-state index contributed by atoms with van der Waals surface area (Å²) in [6, 6.07) is 8.35. The van der Waals surface area contributed by atoms with Gasteiger partial charge in [-0.3, -0.25) is 4.79 Å². The molecule has 0 bridgehead atoms. The van der Waals surface area contributed by atoms with Crippen LogP contribution in [-0.2, 0) is 4.79 Å². The van der Waals surface area contributed by atoms with Crippen LogP contribution in [0.4, 0.5) is 0 Å². The average Bonchev–Trinajstić information content (AvgIpc) is 2.82. The molecule has 2 nitrogen and oxygen atoms in total. The zero-order valence-electron chi connectivity index (χ0n) is 24.5. The molecule has 2 heteroatoms. The fraction of sp³-hybridized carbons (Fsp3) is 0.781. The maximum absolute atomic E-state index is 13.6. The number of rotatable bonds is 16. The quantitative estimate of drug-likeness (QED) is 0.176. The molecule has 1 aromatic rings. The third kappa shape index (κ3) is 11.4. The van der Waals surface area contributed by atoms with Crippen LogP contribution in [0.15, 0.2) is 24.3 Å². The van der Waals surface area contributed by atoms with Crippen molar-refractivity contribution >= 4 is 5.97 Å². The van der Waals surface area contributed by atoms with Crippen LogP contribution in [0.25, 0.3) is 0 Å². The van der Waals surface area contributed by atoms with Gasteiger partial charge in [-0.1, -0.05) is 120 Å². The van der Waals surface area contributed by atoms with Crippen molar-refractivity contribution in [1.82, 2.24) is 0 Å². The van der Waals surface area contributed by atoms with Gasteiger partial charge in [0.2, 0.25) is 0 Å². The minimum Gasteiger partial charge on any atom is -0.426 e. The molecule has 0 fully saturated rings. The zero-order chi connectivity index (χ0) is 26.1. The van der Waals surface area contributed by atoms with E-state index in [0.29, 0.717) is 29.6 Å². The van der Waals surface area contributed by atoms with Gasteiger partial charge in [-0.15, -0.1) is 0 Å². The molecule has 0 aliphatic rings. The van der Waals surface area contributed by atoms with Crippen LogP contribution in [-0.4, -0.2) is 5.97 Å². The van der Waals surface area contributed by atoms with Gasteiger partial charge in [0.15, 0.2) is 0 Å². The second kappa shape index (κ2) is 18.9. The lowest BCUT2D eigenvalue weighted by Gasteiger charge is -2.31. The third-order valence-corrected chi connectivity index (χ3v) is 7.23. The van der Waals surface area contributed by atoms with E-state index in [1.165, 1.54) is 31.2 Å². The van der Waals surface area contributed by atoms with E-state index in [2.05, 4.69) is 73.6 Å². The van der Waals surface area contributed by atoms with E-state index < -0.39 is 0 Å². The van der Waals surface area contributed by atoms with E-state index in [4.69, 9.17) is 4.74 Å². The lowest BCUT2D eigenvalue weighted by atomic mass is 9.74. The fourth-order valence-corrected chi connectivity index (χ4v) is 5.27. The van der Waals surface area contributed by atoms with Gasteiger partial charge in [0.05, 0.1) is 5.92 Å². The van der Waals surface area contributed by atoms with Gasteiger partial charge in [-0.2, -0.15) is 0 Å². The molecule has 0 spiro atoms. The number of carbonyl (C=O) groups is 1. The third-order valence-electron chi connectivity index (χ3n) is 7.23. The largest absolute Gasteiger partial charge is 0.426 e. The molecule has 0 radical (unpaired) electrons. The van der Waals surface area contributed by atoms with Crippen molar-refractivity contribution in [2.75, 3.05) is 0 Å². The van der Waals surface area contributed by atoms with Gasteiger partial charge in [0.25, 0.3) is 0 Å². The van der Waals surface area contributed by atoms with Gasteiger partial charge < -0.3 is 4.74 Å². The molecule has 0 saturated carbocycles. The van der Waals surface area contributed by atoms with E-state index >= 15 is 0 Å². The smallest absolute Gasteiger partial charge is 0.314 e. The highest BCUT2D eigenvalue weighted by Crippen LogP contribution is 2.36. The Morgan fingerprint density at radius 2 is 1.38 bits per heavy atom. The minimum absolute atomic E-state index is 0.00184. The maximum Gasteiger partial charge on any atom is 0.314 e. The van der Waals surface area contributed by atoms with Crippen LogP contribution in [0.3, 0.4) is 0 Å². The van der Waals surface area contributed by atoms with Crippen LogP contribution < -0.4 is 4.74 Å². The van der Waals surface area contributed by atoms with Gasteiger partial charge in [-0.25, -0.2) is 0 Å². The van der Waals surface area contributed by atoms with Crippen molar-refractivity contribution in [3.05, 3.63) is 29.8 Å². The second-order valence-corrected chi connectivity index (χ2v) is 10.6. The molecule has 0 aromatic heterocycles. The first kappa shape index (κ1) is 32.7. The van der Waals surface area contributed by atoms with E-state index in [1.807, 2.05) is 19.9 Å². The van der Waals surface area contributed by atoms with Crippen molar-refractivity contribution in [3.8, 4) is 5.75 Å². The molecular formula is C32H58O2. The monoisotopic (exact) mass is 474 g/mol. The molecule has 0 aliphatic heterocycles. The molecule has 1 aromatic carbocycles. The van der Waals surface area contributed by atoms with Crippen LogP contribution >= 0.6 is 0 Å². The Morgan fingerprint density at radius 1 is 0.853 bits per heavy atom. The van der Waals surface area contributed by atoms with Crippen molar-refractivity contribution in [2.45, 2.75) is 133 Å². The molecule has 1 rings (SSSR count). The summed E-state index contributed by atoms with van der Waals surface area (Å²) in [6.45, 7) is 22.1.